The van der Waals surface area contributed by atoms with Gasteiger partial charge in [-0.25, -0.2) is 0 Å². The van der Waals surface area contributed by atoms with Gasteiger partial charge < -0.3 is 0 Å². The molecule has 0 aromatic heterocycles. The molecule has 3 aromatic carbocycles. The zero-order chi connectivity index (χ0) is 26.3. The van der Waals surface area contributed by atoms with Crippen molar-refractivity contribution < 1.29 is 14.4 Å². The minimum absolute atomic E-state index is 0.126. The maximum Gasteiger partial charge on any atom is 0.180 e. The Balaban J connectivity index is 1.73. The quantitative estimate of drug-likeness (QED) is 0.353. The van der Waals surface area contributed by atoms with Gasteiger partial charge in [0.2, 0.25) is 0 Å². The van der Waals surface area contributed by atoms with E-state index in [9.17, 15) is 14.4 Å². The Morgan fingerprint density at radius 1 is 0.892 bits per heavy atom. The lowest BCUT2D eigenvalue weighted by molar-refractivity contribution is -0.131. The second kappa shape index (κ2) is 8.11. The van der Waals surface area contributed by atoms with E-state index in [2.05, 4.69) is 0 Å². The fraction of sp³-hybridized carbons (Fsp3) is 0.267. The molecule has 37 heavy (non-hydrogen) atoms. The van der Waals surface area contributed by atoms with E-state index >= 15 is 0 Å². The Bertz CT molecular complexity index is 1500. The molecule has 3 aliphatic rings. The summed E-state index contributed by atoms with van der Waals surface area (Å²) < 4.78 is 0. The Labute approximate surface area is 225 Å². The number of halogens is 2. The summed E-state index contributed by atoms with van der Waals surface area (Å²) in [5.74, 6) is -1.63. The van der Waals surface area contributed by atoms with Crippen molar-refractivity contribution in [1.29, 1.82) is 0 Å². The SMILES string of the molecule is CC(C)(C)C(=O)[C@H]1[C@H](c2ccc(Cl)cc2Cl)C2(C(=O)c3ccccc3C2=O)[C@H]2c3ccccc3C=NN12. The Morgan fingerprint density at radius 3 is 2.14 bits per heavy atom. The van der Waals surface area contributed by atoms with Crippen molar-refractivity contribution in [2.45, 2.75) is 38.8 Å². The van der Waals surface area contributed by atoms with Gasteiger partial charge in [0.05, 0.1) is 12.3 Å². The number of hydrogen-bond donors (Lipinski definition) is 0. The molecule has 0 unspecified atom stereocenters. The van der Waals surface area contributed by atoms with Gasteiger partial charge in [0, 0.05) is 32.5 Å². The monoisotopic (exact) mass is 530 g/mol. The van der Waals surface area contributed by atoms with E-state index in [4.69, 9.17) is 28.3 Å². The van der Waals surface area contributed by atoms with E-state index in [1.807, 2.05) is 45.0 Å². The van der Waals surface area contributed by atoms with Crippen LogP contribution in [0, 0.1) is 10.8 Å². The lowest BCUT2D eigenvalue weighted by atomic mass is 9.62. The van der Waals surface area contributed by atoms with Crippen LogP contribution in [-0.2, 0) is 4.79 Å². The van der Waals surface area contributed by atoms with Crippen LogP contribution in [0.2, 0.25) is 10.0 Å². The highest BCUT2D eigenvalue weighted by atomic mass is 35.5. The summed E-state index contributed by atoms with van der Waals surface area (Å²) in [4.78, 5) is 43.4. The molecule has 0 saturated carbocycles. The van der Waals surface area contributed by atoms with Gasteiger partial charge >= 0.3 is 0 Å². The fourth-order valence-electron chi connectivity index (χ4n) is 6.32. The molecule has 2 aliphatic heterocycles. The van der Waals surface area contributed by atoms with E-state index in [1.165, 1.54) is 0 Å². The van der Waals surface area contributed by atoms with Gasteiger partial charge in [0.1, 0.15) is 11.5 Å². The fourth-order valence-corrected chi connectivity index (χ4v) is 6.84. The number of hydrazone groups is 1. The van der Waals surface area contributed by atoms with Crippen LogP contribution in [0.4, 0.5) is 0 Å². The molecular formula is C30H24Cl2N2O3. The van der Waals surface area contributed by atoms with Crippen molar-refractivity contribution in [1.82, 2.24) is 5.01 Å². The van der Waals surface area contributed by atoms with Gasteiger partial charge in [-0.15, -0.1) is 0 Å². The summed E-state index contributed by atoms with van der Waals surface area (Å²) in [6.45, 7) is 5.51. The van der Waals surface area contributed by atoms with Crippen molar-refractivity contribution in [3.8, 4) is 0 Å². The number of carbonyl (C=O) groups is 3. The third kappa shape index (κ3) is 3.17. The molecule has 0 amide bonds. The summed E-state index contributed by atoms with van der Waals surface area (Å²) in [5.41, 5.74) is 0.431. The number of fused-ring (bicyclic) bond motifs is 5. The minimum atomic E-state index is -1.64. The van der Waals surface area contributed by atoms with E-state index in [0.29, 0.717) is 26.7 Å². The van der Waals surface area contributed by atoms with Crippen LogP contribution in [0.5, 0.6) is 0 Å². The molecular weight excluding hydrogens is 507 g/mol. The van der Waals surface area contributed by atoms with Crippen LogP contribution in [0.15, 0.2) is 71.8 Å². The first-order valence-corrected chi connectivity index (χ1v) is 12.9. The van der Waals surface area contributed by atoms with Crippen LogP contribution in [0.25, 0.3) is 0 Å². The average molecular weight is 531 g/mol. The zero-order valence-electron chi connectivity index (χ0n) is 20.5. The topological polar surface area (TPSA) is 66.8 Å². The largest absolute Gasteiger partial charge is 0.297 e. The summed E-state index contributed by atoms with van der Waals surface area (Å²) >= 11 is 13.0. The van der Waals surface area contributed by atoms with Crippen LogP contribution in [-0.4, -0.2) is 34.6 Å². The molecule has 3 aromatic rings. The number of ketones is 3. The molecule has 1 aliphatic carbocycles. The highest BCUT2D eigenvalue weighted by Crippen LogP contribution is 2.65. The maximum absolute atomic E-state index is 14.6. The number of Topliss-reactive ketones (excluding diaryl/α,β-unsaturated/α-hetero) is 3. The van der Waals surface area contributed by atoms with Gasteiger partial charge in [-0.05, 0) is 28.8 Å². The Hall–Kier alpha value is -3.28. The Kier molecular flexibility index (Phi) is 5.28. The minimum Gasteiger partial charge on any atom is -0.297 e. The van der Waals surface area contributed by atoms with Crippen molar-refractivity contribution in [3.63, 3.8) is 0 Å². The van der Waals surface area contributed by atoms with Crippen LogP contribution in [0.3, 0.4) is 0 Å². The molecule has 1 spiro atoms. The van der Waals surface area contributed by atoms with Crippen LogP contribution >= 0.6 is 23.2 Å². The lowest BCUT2D eigenvalue weighted by Crippen LogP contribution is -2.45. The maximum atomic E-state index is 14.6. The van der Waals surface area contributed by atoms with Gasteiger partial charge in [-0.2, -0.15) is 5.10 Å². The standard InChI is InChI=1S/C30H24Cl2N2O3/c1-29(2,3)28(37)24-23(21-13-12-17(31)14-22(21)32)30(26(35)19-10-6-7-11-20(19)27(30)36)25-18-9-5-4-8-16(18)15-33-34(24)25/h4-15,23-25H,1-3H3/t23-,24+,25+/m0/s1. The molecule has 186 valence electrons. The summed E-state index contributed by atoms with van der Waals surface area (Å²) in [7, 11) is 0. The first kappa shape index (κ1) is 24.1. The molecule has 0 N–H and O–H groups in total. The number of benzene rings is 3. The van der Waals surface area contributed by atoms with E-state index in [1.54, 1.807) is 53.7 Å². The normalized spacial score (nSPS) is 23.3. The van der Waals surface area contributed by atoms with Crippen molar-refractivity contribution in [3.05, 3.63) is 105 Å². The molecule has 0 bridgehead atoms. The summed E-state index contributed by atoms with van der Waals surface area (Å²) in [6.07, 6.45) is 1.70. The molecule has 6 rings (SSSR count). The summed E-state index contributed by atoms with van der Waals surface area (Å²) in [5, 5.41) is 7.15. The van der Waals surface area contributed by atoms with E-state index in [-0.39, 0.29) is 17.3 Å². The third-order valence-electron chi connectivity index (χ3n) is 7.88. The molecule has 1 saturated heterocycles. The third-order valence-corrected chi connectivity index (χ3v) is 8.44. The van der Waals surface area contributed by atoms with Crippen LogP contribution in [0.1, 0.15) is 70.1 Å². The second-order valence-corrected chi connectivity index (χ2v) is 11.8. The molecule has 1 fully saturated rings. The highest BCUT2D eigenvalue weighted by molar-refractivity contribution is 6.36. The lowest BCUT2D eigenvalue weighted by Gasteiger charge is -2.36. The second-order valence-electron chi connectivity index (χ2n) is 10.9. The van der Waals surface area contributed by atoms with Crippen LogP contribution < -0.4 is 0 Å². The van der Waals surface area contributed by atoms with Gasteiger partial charge in [-0.1, -0.05) is 98.6 Å². The molecule has 0 radical (unpaired) electrons. The average Bonchev–Trinajstić information content (AvgIpc) is 3.29. The first-order chi connectivity index (χ1) is 17.6. The number of nitrogens with zero attached hydrogens (tertiary/aromatic N) is 2. The van der Waals surface area contributed by atoms with Crippen molar-refractivity contribution in [2.75, 3.05) is 0 Å². The highest BCUT2D eigenvalue weighted by Gasteiger charge is 2.73. The summed E-state index contributed by atoms with van der Waals surface area (Å²) in [6, 6.07) is 17.8. The Morgan fingerprint density at radius 2 is 1.51 bits per heavy atom. The first-order valence-electron chi connectivity index (χ1n) is 12.2. The van der Waals surface area contributed by atoms with E-state index < -0.39 is 28.8 Å². The molecule has 2 heterocycles. The van der Waals surface area contributed by atoms with E-state index in [0.717, 1.165) is 11.1 Å². The predicted molar refractivity (Wildman–Crippen MR) is 144 cm³/mol. The molecule has 5 nitrogen and oxygen atoms in total. The predicted octanol–water partition coefficient (Wildman–Crippen LogP) is 6.53. The molecule has 7 heteroatoms. The van der Waals surface area contributed by atoms with Gasteiger partial charge in [0.15, 0.2) is 17.3 Å². The van der Waals surface area contributed by atoms with Gasteiger partial charge in [0.25, 0.3) is 0 Å². The zero-order valence-corrected chi connectivity index (χ0v) is 22.0. The van der Waals surface area contributed by atoms with Crippen molar-refractivity contribution in [2.24, 2.45) is 15.9 Å². The molecule has 3 atom stereocenters. The number of rotatable bonds is 2. The van der Waals surface area contributed by atoms with Crippen molar-refractivity contribution >= 4 is 46.8 Å². The number of carbonyl (C=O) groups excluding carboxylic acids is 3. The van der Waals surface area contributed by atoms with Gasteiger partial charge in [-0.3, -0.25) is 19.4 Å². The smallest absolute Gasteiger partial charge is 0.180 e. The number of hydrogen-bond acceptors (Lipinski definition) is 5.